The molecule has 0 aromatic rings. The summed E-state index contributed by atoms with van der Waals surface area (Å²) in [6.45, 7) is 6.71. The quantitative estimate of drug-likeness (QED) is 0.291. The smallest absolute Gasteiger partial charge is 0.333 e. The van der Waals surface area contributed by atoms with E-state index in [1.165, 1.54) is 18.0 Å². The number of carbonyl (C=O) groups excluding carboxylic acids is 3. The molecule has 0 aliphatic carbocycles. The van der Waals surface area contributed by atoms with Crippen LogP contribution in [0.1, 0.15) is 47.0 Å². The number of aliphatic carboxylic acids is 1. The minimum atomic E-state index is -1.06. The van der Waals surface area contributed by atoms with Crippen molar-refractivity contribution in [1.29, 1.82) is 0 Å². The van der Waals surface area contributed by atoms with E-state index in [0.717, 1.165) is 12.2 Å². The molecule has 4 atom stereocenters. The van der Waals surface area contributed by atoms with Gasteiger partial charge in [0, 0.05) is 43.8 Å². The second-order valence-electron chi connectivity index (χ2n) is 7.83. The molecule has 0 aromatic heterocycles. The lowest BCUT2D eigenvalue weighted by Gasteiger charge is -2.30. The van der Waals surface area contributed by atoms with Gasteiger partial charge in [-0.1, -0.05) is 26.8 Å². The summed E-state index contributed by atoms with van der Waals surface area (Å²) in [4.78, 5) is 48.3. The van der Waals surface area contributed by atoms with E-state index in [-0.39, 0.29) is 30.6 Å². The van der Waals surface area contributed by atoms with Crippen molar-refractivity contribution in [2.75, 3.05) is 6.61 Å². The first kappa shape index (κ1) is 26.1. The van der Waals surface area contributed by atoms with E-state index in [1.54, 1.807) is 19.2 Å². The Balaban J connectivity index is 2.00. The van der Waals surface area contributed by atoms with Gasteiger partial charge in [0.05, 0.1) is 5.57 Å². The molecule has 0 radical (unpaired) electrons. The highest BCUT2D eigenvalue weighted by Gasteiger charge is 2.47. The van der Waals surface area contributed by atoms with Crippen LogP contribution in [0.25, 0.3) is 0 Å². The molecule has 2 rings (SSSR count). The van der Waals surface area contributed by atoms with Crippen molar-refractivity contribution in [3.8, 4) is 0 Å². The minimum absolute atomic E-state index is 0.146. The van der Waals surface area contributed by atoms with Crippen LogP contribution >= 0.6 is 0 Å². The van der Waals surface area contributed by atoms with E-state index in [2.05, 4.69) is 0 Å². The second kappa shape index (κ2) is 12.2. The lowest BCUT2D eigenvalue weighted by molar-refractivity contribution is -0.155. The van der Waals surface area contributed by atoms with E-state index < -0.39 is 42.3 Å². The number of hydrogen-bond acceptors (Lipinski definition) is 9. The van der Waals surface area contributed by atoms with Crippen LogP contribution in [0.5, 0.6) is 0 Å². The Morgan fingerprint density at radius 2 is 1.88 bits per heavy atom. The highest BCUT2D eigenvalue weighted by molar-refractivity contribution is 5.91. The van der Waals surface area contributed by atoms with Crippen LogP contribution in [0.2, 0.25) is 0 Å². The molecule has 2 heterocycles. The van der Waals surface area contributed by atoms with Crippen LogP contribution < -0.4 is 0 Å². The largest absolute Gasteiger partial charge is 0.478 e. The van der Waals surface area contributed by atoms with Crippen molar-refractivity contribution in [1.82, 2.24) is 4.90 Å². The fourth-order valence-electron chi connectivity index (χ4n) is 3.53. The van der Waals surface area contributed by atoms with Crippen molar-refractivity contribution in [2.45, 2.75) is 71.5 Å². The van der Waals surface area contributed by atoms with Crippen LogP contribution in [0.4, 0.5) is 0 Å². The molecule has 182 valence electrons. The van der Waals surface area contributed by atoms with Crippen molar-refractivity contribution >= 4 is 23.9 Å². The lowest BCUT2D eigenvalue weighted by atomic mass is 10.00. The molecule has 1 N–H and O–H groups in total. The number of ether oxygens (including phenoxy) is 4. The van der Waals surface area contributed by atoms with Gasteiger partial charge >= 0.3 is 23.9 Å². The Morgan fingerprint density at radius 3 is 2.48 bits per heavy atom. The number of carboxylic acids is 1. The zero-order valence-electron chi connectivity index (χ0n) is 19.3. The summed E-state index contributed by atoms with van der Waals surface area (Å²) in [6, 6.07) is 0. The van der Waals surface area contributed by atoms with Gasteiger partial charge in [0.15, 0.2) is 12.3 Å². The molecule has 0 spiro atoms. The Morgan fingerprint density at radius 1 is 1.21 bits per heavy atom. The van der Waals surface area contributed by atoms with E-state index in [1.807, 2.05) is 13.8 Å². The van der Waals surface area contributed by atoms with Gasteiger partial charge < -0.3 is 29.0 Å². The average Bonchev–Trinajstić information content (AvgIpc) is 3.09. The SMILES string of the molecule is CCC(CC)OC(=O)/C=C/C(=O)OC[C@H]1O[C@@H](N2C=CCC(C(=O)O)=C2)[C@H](OC(C)=O)[C@@H]1C. The molecule has 1 fully saturated rings. The summed E-state index contributed by atoms with van der Waals surface area (Å²) in [5.41, 5.74) is 0.163. The third kappa shape index (κ3) is 7.45. The molecule has 0 bridgehead atoms. The summed E-state index contributed by atoms with van der Waals surface area (Å²) in [7, 11) is 0. The normalized spacial score (nSPS) is 24.6. The van der Waals surface area contributed by atoms with Crippen LogP contribution in [-0.4, -0.2) is 65.0 Å². The molecular weight excluding hydrogens is 434 g/mol. The molecule has 2 aliphatic heterocycles. The molecule has 0 amide bonds. The Bertz CT molecular complexity index is 828. The van der Waals surface area contributed by atoms with Gasteiger partial charge in [-0.2, -0.15) is 0 Å². The lowest BCUT2D eigenvalue weighted by Crippen LogP contribution is -2.40. The standard InChI is InChI=1S/C23H31NO9/c1-5-17(6-2)32-20(27)10-9-19(26)30-13-18-14(3)21(31-15(4)25)22(33-18)24-11-7-8-16(12-24)23(28)29/h7,9-12,14,17-18,21-22H,5-6,8,13H2,1-4H3,(H,28,29)/b10-9+/t14-,18-,21-,22-/m1/s1. The van der Waals surface area contributed by atoms with Crippen LogP contribution in [0, 0.1) is 5.92 Å². The fraction of sp³-hybridized carbons (Fsp3) is 0.565. The summed E-state index contributed by atoms with van der Waals surface area (Å²) < 4.78 is 21.8. The number of allylic oxidation sites excluding steroid dienone is 1. The van der Waals surface area contributed by atoms with Crippen molar-refractivity contribution in [3.63, 3.8) is 0 Å². The summed E-state index contributed by atoms with van der Waals surface area (Å²) in [6.07, 6.45) is 6.04. The minimum Gasteiger partial charge on any atom is -0.478 e. The van der Waals surface area contributed by atoms with Gasteiger partial charge in [-0.15, -0.1) is 0 Å². The second-order valence-corrected chi connectivity index (χ2v) is 7.83. The molecule has 0 aromatic carbocycles. The van der Waals surface area contributed by atoms with Crippen LogP contribution in [0.3, 0.4) is 0 Å². The van der Waals surface area contributed by atoms with Gasteiger partial charge in [0.1, 0.15) is 18.8 Å². The summed E-state index contributed by atoms with van der Waals surface area (Å²) in [5.74, 6) is -3.29. The molecule has 33 heavy (non-hydrogen) atoms. The molecule has 10 nitrogen and oxygen atoms in total. The van der Waals surface area contributed by atoms with E-state index in [4.69, 9.17) is 18.9 Å². The monoisotopic (exact) mass is 465 g/mol. The first-order valence-corrected chi connectivity index (χ1v) is 10.9. The first-order chi connectivity index (χ1) is 15.7. The van der Waals surface area contributed by atoms with Crippen molar-refractivity contribution in [3.05, 3.63) is 36.2 Å². The van der Waals surface area contributed by atoms with Gasteiger partial charge in [-0.3, -0.25) is 4.79 Å². The van der Waals surface area contributed by atoms with Crippen LogP contribution in [0.15, 0.2) is 36.2 Å². The number of carboxylic acid groups (broad SMARTS) is 1. The summed E-state index contributed by atoms with van der Waals surface area (Å²) in [5, 5.41) is 9.27. The number of carbonyl (C=O) groups is 4. The highest BCUT2D eigenvalue weighted by Crippen LogP contribution is 2.33. The maximum Gasteiger partial charge on any atom is 0.333 e. The highest BCUT2D eigenvalue weighted by atomic mass is 16.6. The van der Waals surface area contributed by atoms with E-state index in [0.29, 0.717) is 12.8 Å². The topological polar surface area (TPSA) is 129 Å². The third-order valence-corrected chi connectivity index (χ3v) is 5.43. The Kier molecular flexibility index (Phi) is 9.65. The Labute approximate surface area is 192 Å². The number of esters is 3. The Hall–Kier alpha value is -3.14. The molecule has 0 saturated carbocycles. The van der Waals surface area contributed by atoms with Crippen molar-refractivity contribution in [2.24, 2.45) is 5.92 Å². The van der Waals surface area contributed by atoms with Crippen molar-refractivity contribution < 1.29 is 43.2 Å². The zero-order chi connectivity index (χ0) is 24.5. The number of rotatable bonds is 10. The maximum atomic E-state index is 12.0. The zero-order valence-corrected chi connectivity index (χ0v) is 19.3. The van der Waals surface area contributed by atoms with E-state index in [9.17, 15) is 24.3 Å². The van der Waals surface area contributed by atoms with E-state index >= 15 is 0 Å². The van der Waals surface area contributed by atoms with Gasteiger partial charge in [0.2, 0.25) is 0 Å². The summed E-state index contributed by atoms with van der Waals surface area (Å²) >= 11 is 0. The number of nitrogens with zero attached hydrogens (tertiary/aromatic N) is 1. The third-order valence-electron chi connectivity index (χ3n) is 5.43. The predicted octanol–water partition coefficient (Wildman–Crippen LogP) is 2.30. The van der Waals surface area contributed by atoms with Gasteiger partial charge in [-0.25, -0.2) is 14.4 Å². The average molecular weight is 465 g/mol. The van der Waals surface area contributed by atoms with Crippen LogP contribution in [-0.2, 0) is 38.1 Å². The molecule has 2 aliphatic rings. The van der Waals surface area contributed by atoms with Gasteiger partial charge in [0.25, 0.3) is 0 Å². The number of hydrogen-bond donors (Lipinski definition) is 1. The molecule has 1 saturated heterocycles. The fourth-order valence-corrected chi connectivity index (χ4v) is 3.53. The maximum absolute atomic E-state index is 12.0. The molecular formula is C23H31NO9. The first-order valence-electron chi connectivity index (χ1n) is 10.9. The molecule has 0 unspecified atom stereocenters. The molecule has 10 heteroatoms. The predicted molar refractivity (Wildman–Crippen MR) is 115 cm³/mol. The van der Waals surface area contributed by atoms with Gasteiger partial charge in [-0.05, 0) is 12.8 Å².